The Kier molecular flexibility index (Phi) is 5.77. The Bertz CT molecular complexity index is 1330. The lowest BCUT2D eigenvalue weighted by atomic mass is 10.1. The van der Waals surface area contributed by atoms with Crippen LogP contribution in [0.4, 0.5) is 11.4 Å². The lowest BCUT2D eigenvalue weighted by Gasteiger charge is -2.18. The third-order valence-corrected chi connectivity index (χ3v) is 6.25. The predicted molar refractivity (Wildman–Crippen MR) is 127 cm³/mol. The van der Waals surface area contributed by atoms with Crippen molar-refractivity contribution in [3.05, 3.63) is 82.6 Å². The second kappa shape index (κ2) is 9.01. The monoisotopic (exact) mass is 480 g/mol. The SMILES string of the molecule is O=C(Nc1cc(Cl)ccc1NC(=O)c1ccc(-c2ccc3c(c2)OCCO3)s1)c1ccco1. The van der Waals surface area contributed by atoms with Gasteiger partial charge in [0.15, 0.2) is 17.3 Å². The normalized spacial score (nSPS) is 12.3. The number of benzene rings is 2. The van der Waals surface area contributed by atoms with Gasteiger partial charge < -0.3 is 24.5 Å². The van der Waals surface area contributed by atoms with Crippen LogP contribution in [0.5, 0.6) is 11.5 Å². The Labute approximate surface area is 197 Å². The number of carbonyl (C=O) groups is 2. The molecule has 0 atom stereocenters. The van der Waals surface area contributed by atoms with Crippen LogP contribution in [0.25, 0.3) is 10.4 Å². The van der Waals surface area contributed by atoms with E-state index in [-0.39, 0.29) is 11.7 Å². The largest absolute Gasteiger partial charge is 0.486 e. The van der Waals surface area contributed by atoms with Gasteiger partial charge in [0.25, 0.3) is 11.8 Å². The Morgan fingerprint density at radius 3 is 2.48 bits per heavy atom. The second-order valence-corrected chi connectivity index (χ2v) is 8.62. The van der Waals surface area contributed by atoms with E-state index in [1.54, 1.807) is 36.4 Å². The average molecular weight is 481 g/mol. The van der Waals surface area contributed by atoms with Crippen LogP contribution in [0.15, 0.2) is 71.3 Å². The molecule has 0 saturated carbocycles. The van der Waals surface area contributed by atoms with Crippen molar-refractivity contribution in [2.75, 3.05) is 23.8 Å². The molecule has 2 aromatic heterocycles. The molecule has 166 valence electrons. The summed E-state index contributed by atoms with van der Waals surface area (Å²) in [5.74, 6) is 0.798. The van der Waals surface area contributed by atoms with Gasteiger partial charge in [0.1, 0.15) is 13.2 Å². The zero-order valence-corrected chi connectivity index (χ0v) is 18.7. The van der Waals surface area contributed by atoms with Gasteiger partial charge in [0.05, 0.1) is 22.5 Å². The predicted octanol–water partition coefficient (Wildman–Crippen LogP) is 5.94. The molecule has 3 heterocycles. The first-order chi connectivity index (χ1) is 16.1. The molecule has 2 aromatic carbocycles. The average Bonchev–Trinajstić information content (AvgIpc) is 3.53. The fourth-order valence-corrected chi connectivity index (χ4v) is 4.39. The number of hydrogen-bond acceptors (Lipinski definition) is 6. The number of thiophene rings is 1. The van der Waals surface area contributed by atoms with E-state index >= 15 is 0 Å². The molecule has 1 aliphatic rings. The lowest BCUT2D eigenvalue weighted by Crippen LogP contribution is -2.16. The molecule has 0 bridgehead atoms. The van der Waals surface area contributed by atoms with Crippen molar-refractivity contribution in [3.8, 4) is 21.9 Å². The van der Waals surface area contributed by atoms with Gasteiger partial charge in [-0.1, -0.05) is 11.6 Å². The van der Waals surface area contributed by atoms with Crippen LogP contribution < -0.4 is 20.1 Å². The maximum atomic E-state index is 12.9. The number of nitrogens with one attached hydrogen (secondary N) is 2. The van der Waals surface area contributed by atoms with Crippen LogP contribution in [0.2, 0.25) is 5.02 Å². The number of anilines is 2. The van der Waals surface area contributed by atoms with Gasteiger partial charge in [-0.15, -0.1) is 11.3 Å². The summed E-state index contributed by atoms with van der Waals surface area (Å²) in [4.78, 5) is 26.7. The Morgan fingerprint density at radius 1 is 0.848 bits per heavy atom. The molecule has 0 aliphatic carbocycles. The third-order valence-electron chi connectivity index (χ3n) is 4.88. The van der Waals surface area contributed by atoms with E-state index in [1.165, 1.54) is 17.6 Å². The topological polar surface area (TPSA) is 89.8 Å². The van der Waals surface area contributed by atoms with E-state index in [9.17, 15) is 9.59 Å². The summed E-state index contributed by atoms with van der Waals surface area (Å²) in [6, 6.07) is 17.3. The van der Waals surface area contributed by atoms with Gasteiger partial charge in [-0.2, -0.15) is 0 Å². The lowest BCUT2D eigenvalue weighted by molar-refractivity contribution is 0.0993. The van der Waals surface area contributed by atoms with E-state index in [4.69, 9.17) is 25.5 Å². The Balaban J connectivity index is 1.34. The van der Waals surface area contributed by atoms with E-state index < -0.39 is 5.91 Å². The van der Waals surface area contributed by atoms with Crippen molar-refractivity contribution in [1.82, 2.24) is 0 Å². The van der Waals surface area contributed by atoms with Gasteiger partial charge in [-0.25, -0.2) is 0 Å². The molecule has 0 spiro atoms. The zero-order valence-electron chi connectivity index (χ0n) is 17.1. The molecule has 1 aliphatic heterocycles. The van der Waals surface area contributed by atoms with Crippen LogP contribution in [0, 0.1) is 0 Å². The molecule has 0 radical (unpaired) electrons. The number of hydrogen-bond donors (Lipinski definition) is 2. The standard InChI is InChI=1S/C24H17ClN2O5S/c25-15-4-5-16(17(13-15)27-23(28)19-2-1-9-30-19)26-24(29)22-8-7-21(33-22)14-3-6-18-20(12-14)32-11-10-31-18/h1-9,12-13H,10-11H2,(H,26,29)(H,27,28). The summed E-state index contributed by atoms with van der Waals surface area (Å²) in [5.41, 5.74) is 1.71. The van der Waals surface area contributed by atoms with Crippen molar-refractivity contribution in [3.63, 3.8) is 0 Å². The first-order valence-electron chi connectivity index (χ1n) is 10.0. The maximum Gasteiger partial charge on any atom is 0.291 e. The molecule has 2 N–H and O–H groups in total. The fourth-order valence-electron chi connectivity index (χ4n) is 3.32. The molecular weight excluding hydrogens is 464 g/mol. The van der Waals surface area contributed by atoms with Crippen molar-refractivity contribution < 1.29 is 23.5 Å². The Morgan fingerprint density at radius 2 is 1.67 bits per heavy atom. The highest BCUT2D eigenvalue weighted by Gasteiger charge is 2.17. The number of ether oxygens (including phenoxy) is 2. The summed E-state index contributed by atoms with van der Waals surface area (Å²) < 4.78 is 16.3. The van der Waals surface area contributed by atoms with Crippen molar-refractivity contribution >= 4 is 46.1 Å². The Hall–Kier alpha value is -3.75. The minimum Gasteiger partial charge on any atom is -0.486 e. The molecule has 0 saturated heterocycles. The van der Waals surface area contributed by atoms with Crippen molar-refractivity contribution in [1.29, 1.82) is 0 Å². The first kappa shape index (κ1) is 21.1. The minimum atomic E-state index is -0.449. The third kappa shape index (κ3) is 4.57. The molecule has 33 heavy (non-hydrogen) atoms. The molecule has 9 heteroatoms. The number of amides is 2. The summed E-state index contributed by atoms with van der Waals surface area (Å²) in [7, 11) is 0. The highest BCUT2D eigenvalue weighted by atomic mass is 35.5. The molecule has 5 rings (SSSR count). The van der Waals surface area contributed by atoms with Crippen LogP contribution in [0.3, 0.4) is 0 Å². The second-order valence-electron chi connectivity index (χ2n) is 7.10. The molecule has 2 amide bonds. The minimum absolute atomic E-state index is 0.148. The van der Waals surface area contributed by atoms with E-state index in [2.05, 4.69) is 10.6 Å². The van der Waals surface area contributed by atoms with Gasteiger partial charge in [-0.05, 0) is 66.2 Å². The summed E-state index contributed by atoms with van der Waals surface area (Å²) in [6.45, 7) is 1.04. The first-order valence-corrected chi connectivity index (χ1v) is 11.2. The maximum absolute atomic E-state index is 12.9. The van der Waals surface area contributed by atoms with Crippen molar-refractivity contribution in [2.45, 2.75) is 0 Å². The van der Waals surface area contributed by atoms with Crippen molar-refractivity contribution in [2.24, 2.45) is 0 Å². The fraction of sp³-hybridized carbons (Fsp3) is 0.0833. The summed E-state index contributed by atoms with van der Waals surface area (Å²) >= 11 is 7.44. The van der Waals surface area contributed by atoms with Gasteiger partial charge in [0, 0.05) is 9.90 Å². The smallest absolute Gasteiger partial charge is 0.291 e. The van der Waals surface area contributed by atoms with Crippen LogP contribution in [-0.4, -0.2) is 25.0 Å². The van der Waals surface area contributed by atoms with E-state index in [1.807, 2.05) is 24.3 Å². The summed E-state index contributed by atoms with van der Waals surface area (Å²) in [5, 5.41) is 5.98. The highest BCUT2D eigenvalue weighted by Crippen LogP contribution is 2.37. The molecule has 0 unspecified atom stereocenters. The van der Waals surface area contributed by atoms with E-state index in [0.29, 0.717) is 46.0 Å². The number of fused-ring (bicyclic) bond motifs is 1. The summed E-state index contributed by atoms with van der Waals surface area (Å²) in [6.07, 6.45) is 1.41. The van der Waals surface area contributed by atoms with Gasteiger partial charge in [0.2, 0.25) is 0 Å². The van der Waals surface area contributed by atoms with Crippen LogP contribution >= 0.6 is 22.9 Å². The number of carbonyl (C=O) groups excluding carboxylic acids is 2. The van der Waals surface area contributed by atoms with E-state index in [0.717, 1.165) is 10.4 Å². The number of halogens is 1. The van der Waals surface area contributed by atoms with Crippen LogP contribution in [-0.2, 0) is 0 Å². The van der Waals surface area contributed by atoms with Crippen LogP contribution in [0.1, 0.15) is 20.2 Å². The molecule has 7 nitrogen and oxygen atoms in total. The number of furan rings is 1. The van der Waals surface area contributed by atoms with Gasteiger partial charge in [-0.3, -0.25) is 9.59 Å². The quantitative estimate of drug-likeness (QED) is 0.369. The molecule has 0 fully saturated rings. The van der Waals surface area contributed by atoms with Gasteiger partial charge >= 0.3 is 0 Å². The molecular formula is C24H17ClN2O5S. The highest BCUT2D eigenvalue weighted by molar-refractivity contribution is 7.17. The molecule has 4 aromatic rings. The zero-order chi connectivity index (χ0) is 22.8. The number of rotatable bonds is 5.